The highest BCUT2D eigenvalue weighted by Crippen LogP contribution is 2.34. The van der Waals surface area contributed by atoms with Gasteiger partial charge in [-0.25, -0.2) is 0 Å². The molecule has 0 saturated carbocycles. The van der Waals surface area contributed by atoms with Crippen molar-refractivity contribution in [3.63, 3.8) is 0 Å². The van der Waals surface area contributed by atoms with Crippen LogP contribution in [0.2, 0.25) is 0 Å². The van der Waals surface area contributed by atoms with E-state index in [1.54, 1.807) is 0 Å². The van der Waals surface area contributed by atoms with E-state index in [4.69, 9.17) is 21.4 Å². The third-order valence-electron chi connectivity index (χ3n) is 3.75. The molecule has 0 saturated heterocycles. The van der Waals surface area contributed by atoms with Crippen molar-refractivity contribution in [2.75, 3.05) is 6.61 Å². The highest BCUT2D eigenvalue weighted by Gasteiger charge is 2.13. The normalized spacial score (nSPS) is 12.5. The standard InChI is InChI=1S/C19H24O3S2/c1-4-14(8-7-11-21-19(20)13(2)3)24-17-12-18(23)22-16-10-6-5-9-15(16)17/h5-6,9-10,12-14H,4,7-8,11H2,1-3H3. The molecule has 1 aromatic carbocycles. The fraction of sp³-hybridized carbons (Fsp3) is 0.474. The Kier molecular flexibility index (Phi) is 7.31. The zero-order valence-electron chi connectivity index (χ0n) is 14.4. The van der Waals surface area contributed by atoms with Gasteiger partial charge in [0.05, 0.1) is 12.5 Å². The largest absolute Gasteiger partial charge is 0.465 e. The van der Waals surface area contributed by atoms with Gasteiger partial charge < -0.3 is 9.15 Å². The van der Waals surface area contributed by atoms with Crippen molar-refractivity contribution >= 4 is 40.9 Å². The molecule has 2 aromatic rings. The third kappa shape index (κ3) is 5.35. The maximum atomic E-state index is 11.5. The lowest BCUT2D eigenvalue weighted by Gasteiger charge is -2.16. The van der Waals surface area contributed by atoms with Crippen molar-refractivity contribution in [1.82, 2.24) is 0 Å². The Bertz CT molecular complexity index is 737. The predicted molar refractivity (Wildman–Crippen MR) is 102 cm³/mol. The van der Waals surface area contributed by atoms with E-state index in [0.717, 1.165) is 35.1 Å². The van der Waals surface area contributed by atoms with Crippen LogP contribution >= 0.6 is 24.0 Å². The molecule has 0 fully saturated rings. The lowest BCUT2D eigenvalue weighted by atomic mass is 10.2. The van der Waals surface area contributed by atoms with E-state index in [0.29, 0.717) is 16.6 Å². The van der Waals surface area contributed by atoms with Gasteiger partial charge in [-0.3, -0.25) is 4.79 Å². The maximum absolute atomic E-state index is 11.5. The summed E-state index contributed by atoms with van der Waals surface area (Å²) >= 11 is 7.07. The summed E-state index contributed by atoms with van der Waals surface area (Å²) in [7, 11) is 0. The summed E-state index contributed by atoms with van der Waals surface area (Å²) in [5, 5.41) is 1.56. The van der Waals surface area contributed by atoms with E-state index >= 15 is 0 Å². The molecule has 5 heteroatoms. The molecule has 3 nitrogen and oxygen atoms in total. The van der Waals surface area contributed by atoms with Crippen molar-refractivity contribution < 1.29 is 13.9 Å². The summed E-state index contributed by atoms with van der Waals surface area (Å²) in [4.78, 5) is 12.6. The van der Waals surface area contributed by atoms with Crippen LogP contribution in [0.25, 0.3) is 11.0 Å². The number of para-hydroxylation sites is 1. The van der Waals surface area contributed by atoms with Crippen molar-refractivity contribution in [1.29, 1.82) is 0 Å². The van der Waals surface area contributed by atoms with Gasteiger partial charge in [0, 0.05) is 21.6 Å². The van der Waals surface area contributed by atoms with Crippen LogP contribution in [-0.2, 0) is 9.53 Å². The third-order valence-corrected chi connectivity index (χ3v) is 5.44. The Morgan fingerprint density at radius 3 is 2.79 bits per heavy atom. The van der Waals surface area contributed by atoms with Gasteiger partial charge in [-0.15, -0.1) is 11.8 Å². The average Bonchev–Trinajstić information content (AvgIpc) is 2.56. The predicted octanol–water partition coefficient (Wildman–Crippen LogP) is 6.01. The van der Waals surface area contributed by atoms with Crippen LogP contribution in [0, 0.1) is 10.6 Å². The Morgan fingerprint density at radius 1 is 1.33 bits per heavy atom. The molecule has 0 amide bonds. The highest BCUT2D eigenvalue weighted by atomic mass is 32.2. The summed E-state index contributed by atoms with van der Waals surface area (Å²) in [5.41, 5.74) is 0.827. The van der Waals surface area contributed by atoms with Crippen molar-refractivity contribution in [2.45, 2.75) is 50.2 Å². The second-order valence-electron chi connectivity index (χ2n) is 6.04. The Morgan fingerprint density at radius 2 is 2.08 bits per heavy atom. The fourth-order valence-electron chi connectivity index (χ4n) is 2.36. The van der Waals surface area contributed by atoms with Gasteiger partial charge in [0.15, 0.2) is 4.71 Å². The first-order chi connectivity index (χ1) is 11.5. The molecule has 1 atom stereocenters. The second kappa shape index (κ2) is 9.23. The zero-order valence-corrected chi connectivity index (χ0v) is 16.0. The van der Waals surface area contributed by atoms with Crippen molar-refractivity contribution in [3.8, 4) is 0 Å². The van der Waals surface area contributed by atoms with Gasteiger partial charge in [-0.2, -0.15) is 0 Å². The molecule has 1 unspecified atom stereocenters. The monoisotopic (exact) mass is 364 g/mol. The van der Waals surface area contributed by atoms with Gasteiger partial charge in [0.2, 0.25) is 0 Å². The van der Waals surface area contributed by atoms with Crippen LogP contribution in [0.3, 0.4) is 0 Å². The number of thioether (sulfide) groups is 1. The number of hydrogen-bond acceptors (Lipinski definition) is 5. The number of fused-ring (bicyclic) bond motifs is 1. The van der Waals surface area contributed by atoms with E-state index in [2.05, 4.69) is 13.0 Å². The van der Waals surface area contributed by atoms with Crippen LogP contribution in [0.15, 0.2) is 39.6 Å². The van der Waals surface area contributed by atoms with Crippen LogP contribution in [0.5, 0.6) is 0 Å². The van der Waals surface area contributed by atoms with Crippen LogP contribution < -0.4 is 0 Å². The van der Waals surface area contributed by atoms with E-state index in [9.17, 15) is 4.79 Å². The number of carbonyl (C=O) groups excluding carboxylic acids is 1. The van der Waals surface area contributed by atoms with Gasteiger partial charge in [-0.05, 0) is 37.5 Å². The minimum Gasteiger partial charge on any atom is -0.465 e. The summed E-state index contributed by atoms with van der Waals surface area (Å²) in [6.07, 6.45) is 2.93. The number of benzene rings is 1. The molecule has 0 aliphatic rings. The molecule has 1 aromatic heterocycles. The van der Waals surface area contributed by atoms with Gasteiger partial charge in [0.1, 0.15) is 5.58 Å². The van der Waals surface area contributed by atoms with E-state index in [1.807, 2.05) is 49.9 Å². The molecule has 24 heavy (non-hydrogen) atoms. The first-order valence-corrected chi connectivity index (χ1v) is 9.66. The molecular weight excluding hydrogens is 340 g/mol. The summed E-state index contributed by atoms with van der Waals surface area (Å²) < 4.78 is 11.4. The lowest BCUT2D eigenvalue weighted by molar-refractivity contribution is -0.147. The Balaban J connectivity index is 1.98. The number of ether oxygens (including phenoxy) is 1. The summed E-state index contributed by atoms with van der Waals surface area (Å²) in [5.74, 6) is -0.187. The number of carbonyl (C=O) groups is 1. The molecule has 0 N–H and O–H groups in total. The number of hydrogen-bond donors (Lipinski definition) is 0. The van der Waals surface area contributed by atoms with Crippen molar-refractivity contribution in [3.05, 3.63) is 35.0 Å². The van der Waals surface area contributed by atoms with Crippen LogP contribution in [0.1, 0.15) is 40.0 Å². The highest BCUT2D eigenvalue weighted by molar-refractivity contribution is 8.00. The molecule has 2 rings (SSSR count). The Labute approximate surface area is 152 Å². The molecule has 0 aliphatic carbocycles. The molecule has 0 radical (unpaired) electrons. The van der Waals surface area contributed by atoms with Crippen LogP contribution in [0.4, 0.5) is 0 Å². The minimum atomic E-state index is -0.123. The molecule has 0 bridgehead atoms. The minimum absolute atomic E-state index is 0.0637. The maximum Gasteiger partial charge on any atom is 0.308 e. The quantitative estimate of drug-likeness (QED) is 0.248. The molecule has 0 spiro atoms. The average molecular weight is 365 g/mol. The molecule has 130 valence electrons. The van der Waals surface area contributed by atoms with E-state index < -0.39 is 0 Å². The van der Waals surface area contributed by atoms with Crippen LogP contribution in [-0.4, -0.2) is 17.8 Å². The van der Waals surface area contributed by atoms with E-state index in [-0.39, 0.29) is 11.9 Å². The van der Waals surface area contributed by atoms with Gasteiger partial charge >= 0.3 is 5.97 Å². The van der Waals surface area contributed by atoms with Gasteiger partial charge in [-0.1, -0.05) is 39.0 Å². The summed E-state index contributed by atoms with van der Waals surface area (Å²) in [6.45, 7) is 6.38. The first-order valence-electron chi connectivity index (χ1n) is 8.37. The van der Waals surface area contributed by atoms with E-state index in [1.165, 1.54) is 0 Å². The van der Waals surface area contributed by atoms with Crippen molar-refractivity contribution in [2.24, 2.45) is 5.92 Å². The van der Waals surface area contributed by atoms with Gasteiger partial charge in [0.25, 0.3) is 0 Å². The number of rotatable bonds is 8. The topological polar surface area (TPSA) is 39.4 Å². The SMILES string of the molecule is CCC(CCCOC(=O)C(C)C)Sc1cc(=S)oc2ccccc12. The fourth-order valence-corrected chi connectivity index (χ4v) is 3.92. The second-order valence-corrected chi connectivity index (χ2v) is 7.78. The number of esters is 1. The smallest absolute Gasteiger partial charge is 0.308 e. The molecule has 1 heterocycles. The lowest BCUT2D eigenvalue weighted by Crippen LogP contribution is -2.13. The Hall–Kier alpha value is -1.33. The molecule has 0 aliphatic heterocycles. The summed E-state index contributed by atoms with van der Waals surface area (Å²) in [6, 6.07) is 9.91. The first kappa shape index (κ1) is 19.0. The zero-order chi connectivity index (χ0) is 17.5. The molecular formula is C19H24O3S2.